The lowest BCUT2D eigenvalue weighted by Crippen LogP contribution is -2.37. The van der Waals surface area contributed by atoms with Crippen molar-refractivity contribution in [3.8, 4) is 5.75 Å². The van der Waals surface area contributed by atoms with Crippen LogP contribution in [0.3, 0.4) is 0 Å². The zero-order valence-corrected chi connectivity index (χ0v) is 16.4. The Bertz CT molecular complexity index is 883. The molecule has 0 spiro atoms. The largest absolute Gasteiger partial charge is 0.497 e. The number of halogens is 1. The maximum Gasteiger partial charge on any atom is 0.239 e. The van der Waals surface area contributed by atoms with E-state index in [-0.39, 0.29) is 13.1 Å². The summed E-state index contributed by atoms with van der Waals surface area (Å²) < 4.78 is 30.3. The number of hydrogen-bond acceptors (Lipinski definition) is 4. The van der Waals surface area contributed by atoms with E-state index < -0.39 is 15.9 Å². The average Bonchev–Trinajstić information content (AvgIpc) is 2.57. The van der Waals surface area contributed by atoms with Crippen LogP contribution in [0.2, 0.25) is 5.02 Å². The Hall–Kier alpha value is -2.09. The van der Waals surface area contributed by atoms with Crippen LogP contribution >= 0.6 is 11.6 Å². The number of benzene rings is 2. The van der Waals surface area contributed by atoms with E-state index in [1.807, 2.05) is 6.92 Å². The van der Waals surface area contributed by atoms with Crippen LogP contribution in [0, 0.1) is 6.92 Å². The molecule has 1 N–H and O–H groups in total. The number of ether oxygens (including phenoxy) is 1. The quantitative estimate of drug-likeness (QED) is 0.780. The molecule has 140 valence electrons. The molecule has 8 heteroatoms. The van der Waals surface area contributed by atoms with Gasteiger partial charge < -0.3 is 10.1 Å². The third kappa shape index (κ3) is 5.72. The second-order valence-corrected chi connectivity index (χ2v) is 8.31. The Morgan fingerprint density at radius 2 is 1.85 bits per heavy atom. The van der Waals surface area contributed by atoms with Gasteiger partial charge >= 0.3 is 0 Å². The van der Waals surface area contributed by atoms with Gasteiger partial charge in [0.25, 0.3) is 0 Å². The Kier molecular flexibility index (Phi) is 6.63. The van der Waals surface area contributed by atoms with Crippen molar-refractivity contribution in [2.24, 2.45) is 0 Å². The van der Waals surface area contributed by atoms with Crippen molar-refractivity contribution in [3.63, 3.8) is 0 Å². The fourth-order valence-corrected chi connectivity index (χ4v) is 3.21. The predicted octanol–water partition coefficient (Wildman–Crippen LogP) is 3.06. The second-order valence-electron chi connectivity index (χ2n) is 5.89. The van der Waals surface area contributed by atoms with E-state index in [1.54, 1.807) is 49.6 Å². The van der Waals surface area contributed by atoms with Crippen LogP contribution in [-0.2, 0) is 21.4 Å². The van der Waals surface area contributed by atoms with Crippen molar-refractivity contribution in [1.82, 2.24) is 4.31 Å². The third-order valence-corrected chi connectivity index (χ3v) is 5.21. The van der Waals surface area contributed by atoms with Gasteiger partial charge in [0.15, 0.2) is 0 Å². The molecule has 26 heavy (non-hydrogen) atoms. The van der Waals surface area contributed by atoms with Gasteiger partial charge in [-0.1, -0.05) is 29.8 Å². The zero-order chi connectivity index (χ0) is 19.3. The maximum absolute atomic E-state index is 12.3. The number of nitrogens with one attached hydrogen (secondary N) is 1. The number of nitrogens with zero attached hydrogens (tertiary/aromatic N) is 1. The summed E-state index contributed by atoms with van der Waals surface area (Å²) in [5.41, 5.74) is 2.15. The summed E-state index contributed by atoms with van der Waals surface area (Å²) in [7, 11) is -2.01. The Morgan fingerprint density at radius 3 is 2.42 bits per heavy atom. The van der Waals surface area contributed by atoms with E-state index >= 15 is 0 Å². The lowest BCUT2D eigenvalue weighted by Gasteiger charge is -2.20. The number of aryl methyl sites for hydroxylation is 1. The summed E-state index contributed by atoms with van der Waals surface area (Å²) in [4.78, 5) is 12.3. The van der Waals surface area contributed by atoms with Gasteiger partial charge in [-0.25, -0.2) is 8.42 Å². The third-order valence-electron chi connectivity index (χ3n) is 3.78. The number of amides is 1. The molecule has 0 aliphatic heterocycles. The van der Waals surface area contributed by atoms with Gasteiger partial charge in [-0.3, -0.25) is 4.79 Å². The maximum atomic E-state index is 12.3. The fourth-order valence-electron chi connectivity index (χ4n) is 2.30. The number of hydrogen-bond donors (Lipinski definition) is 1. The molecule has 0 saturated carbocycles. The molecule has 0 saturated heterocycles. The molecule has 0 aliphatic carbocycles. The Labute approximate surface area is 158 Å². The van der Waals surface area contributed by atoms with Crippen molar-refractivity contribution in [3.05, 3.63) is 58.6 Å². The molecule has 2 aromatic carbocycles. The number of methoxy groups -OCH3 is 1. The van der Waals surface area contributed by atoms with E-state index in [4.69, 9.17) is 16.3 Å². The number of anilines is 1. The van der Waals surface area contributed by atoms with Gasteiger partial charge in [0.2, 0.25) is 15.9 Å². The SMILES string of the molecule is COc1ccc(CN(CC(=O)Nc2cc(Cl)ccc2C)S(C)(=O)=O)cc1. The first kappa shape index (κ1) is 20.2. The van der Waals surface area contributed by atoms with Gasteiger partial charge in [-0.05, 0) is 42.3 Å². The highest BCUT2D eigenvalue weighted by Crippen LogP contribution is 2.20. The normalized spacial score (nSPS) is 11.4. The zero-order valence-electron chi connectivity index (χ0n) is 14.8. The van der Waals surface area contributed by atoms with E-state index in [2.05, 4.69) is 5.32 Å². The van der Waals surface area contributed by atoms with Crippen molar-refractivity contribution in [2.75, 3.05) is 25.2 Å². The lowest BCUT2D eigenvalue weighted by atomic mass is 10.2. The highest BCUT2D eigenvalue weighted by molar-refractivity contribution is 7.88. The van der Waals surface area contributed by atoms with Gasteiger partial charge in [-0.2, -0.15) is 4.31 Å². The molecule has 2 rings (SSSR count). The molecular formula is C18H21ClN2O4S. The minimum absolute atomic E-state index is 0.0881. The van der Waals surface area contributed by atoms with Crippen LogP contribution in [0.15, 0.2) is 42.5 Å². The summed E-state index contributed by atoms with van der Waals surface area (Å²) in [6.07, 6.45) is 1.08. The summed E-state index contributed by atoms with van der Waals surface area (Å²) in [5.74, 6) is 0.239. The Morgan fingerprint density at radius 1 is 1.19 bits per heavy atom. The minimum atomic E-state index is -3.57. The molecule has 0 heterocycles. The van der Waals surface area contributed by atoms with E-state index in [1.165, 1.54) is 0 Å². The predicted molar refractivity (Wildman–Crippen MR) is 103 cm³/mol. The van der Waals surface area contributed by atoms with Crippen LogP contribution in [0.1, 0.15) is 11.1 Å². The first-order chi connectivity index (χ1) is 12.2. The first-order valence-corrected chi connectivity index (χ1v) is 10.1. The van der Waals surface area contributed by atoms with Crippen molar-refractivity contribution >= 4 is 33.2 Å². The molecular weight excluding hydrogens is 376 g/mol. The van der Waals surface area contributed by atoms with Crippen molar-refractivity contribution < 1.29 is 17.9 Å². The van der Waals surface area contributed by atoms with Crippen LogP contribution in [0.5, 0.6) is 5.75 Å². The van der Waals surface area contributed by atoms with Crippen molar-refractivity contribution in [2.45, 2.75) is 13.5 Å². The smallest absolute Gasteiger partial charge is 0.239 e. The average molecular weight is 397 g/mol. The molecule has 2 aromatic rings. The first-order valence-electron chi connectivity index (χ1n) is 7.83. The molecule has 0 atom stereocenters. The molecule has 0 fully saturated rings. The number of carbonyl (C=O) groups excluding carboxylic acids is 1. The van der Waals surface area contributed by atoms with Crippen LogP contribution in [0.4, 0.5) is 5.69 Å². The summed E-state index contributed by atoms with van der Waals surface area (Å²) in [6, 6.07) is 12.1. The van der Waals surface area contributed by atoms with Crippen LogP contribution in [-0.4, -0.2) is 38.5 Å². The minimum Gasteiger partial charge on any atom is -0.497 e. The monoisotopic (exact) mass is 396 g/mol. The lowest BCUT2D eigenvalue weighted by molar-refractivity contribution is -0.116. The van der Waals surface area contributed by atoms with Gasteiger partial charge in [0.1, 0.15) is 5.75 Å². The highest BCUT2D eigenvalue weighted by atomic mass is 35.5. The number of rotatable bonds is 7. The van der Waals surface area contributed by atoms with E-state index in [9.17, 15) is 13.2 Å². The van der Waals surface area contributed by atoms with Gasteiger partial charge in [0.05, 0.1) is 19.9 Å². The molecule has 0 unspecified atom stereocenters. The summed E-state index contributed by atoms with van der Waals surface area (Å²) in [6.45, 7) is 1.62. The van der Waals surface area contributed by atoms with Crippen LogP contribution in [0.25, 0.3) is 0 Å². The number of carbonyl (C=O) groups is 1. The molecule has 1 amide bonds. The second kappa shape index (κ2) is 8.53. The summed E-state index contributed by atoms with van der Waals surface area (Å²) >= 11 is 5.94. The molecule has 6 nitrogen and oxygen atoms in total. The number of sulfonamides is 1. The Balaban J connectivity index is 2.12. The standard InChI is InChI=1S/C18H21ClN2O4S/c1-13-4-7-15(19)10-17(13)20-18(22)12-21(26(3,23)24)11-14-5-8-16(25-2)9-6-14/h4-10H,11-12H2,1-3H3,(H,20,22). The van der Waals surface area contributed by atoms with Gasteiger partial charge in [-0.15, -0.1) is 0 Å². The van der Waals surface area contributed by atoms with Gasteiger partial charge in [0, 0.05) is 17.3 Å². The molecule has 0 radical (unpaired) electrons. The molecule has 0 bridgehead atoms. The summed E-state index contributed by atoms with van der Waals surface area (Å²) in [5, 5.41) is 3.20. The topological polar surface area (TPSA) is 75.7 Å². The molecule has 0 aromatic heterocycles. The fraction of sp³-hybridized carbons (Fsp3) is 0.278. The molecule has 0 aliphatic rings. The van der Waals surface area contributed by atoms with Crippen LogP contribution < -0.4 is 10.1 Å². The van der Waals surface area contributed by atoms with E-state index in [0.29, 0.717) is 16.5 Å². The van der Waals surface area contributed by atoms with Crippen molar-refractivity contribution in [1.29, 1.82) is 0 Å². The highest BCUT2D eigenvalue weighted by Gasteiger charge is 2.21. The van der Waals surface area contributed by atoms with E-state index in [0.717, 1.165) is 21.7 Å².